The van der Waals surface area contributed by atoms with Crippen molar-refractivity contribution in [2.75, 3.05) is 264 Å². The van der Waals surface area contributed by atoms with Crippen LogP contribution in [0.5, 0.6) is 0 Å². The Bertz CT molecular complexity index is 4450. The van der Waals surface area contributed by atoms with Crippen LogP contribution in [0.25, 0.3) is 0 Å². The second-order valence-electron chi connectivity index (χ2n) is 26.0. The zero-order valence-electron chi connectivity index (χ0n) is 73.5. The van der Waals surface area contributed by atoms with Crippen molar-refractivity contribution in [3.05, 3.63) is 0 Å². The van der Waals surface area contributed by atoms with Crippen molar-refractivity contribution in [2.45, 2.75) is 0 Å². The van der Waals surface area contributed by atoms with Gasteiger partial charge in [-0.15, -0.1) is 26.9 Å². The summed E-state index contributed by atoms with van der Waals surface area (Å²) >= 11 is 0. The van der Waals surface area contributed by atoms with E-state index in [4.69, 9.17) is 14.9 Å². The fourth-order valence-corrected chi connectivity index (χ4v) is 20.1. The first kappa shape index (κ1) is 145. The van der Waals surface area contributed by atoms with Crippen LogP contribution in [-0.2, 0) is 227 Å². The lowest BCUT2D eigenvalue weighted by Gasteiger charge is -2.21. The summed E-state index contributed by atoms with van der Waals surface area (Å²) < 4.78 is 434. The van der Waals surface area contributed by atoms with Crippen molar-refractivity contribution in [2.24, 2.45) is 35.5 Å². The van der Waals surface area contributed by atoms with E-state index in [1.807, 2.05) is 0 Å². The van der Waals surface area contributed by atoms with E-state index in [0.29, 0.717) is 0 Å². The highest BCUT2D eigenvalue weighted by molar-refractivity contribution is 7.51. The third-order valence-electron chi connectivity index (χ3n) is 14.2. The summed E-state index contributed by atoms with van der Waals surface area (Å²) in [6.07, 6.45) is 0. The maximum atomic E-state index is 13.2. The molecular formula is C46H111F6N6O69P17. The largest absolute Gasteiger partial charge is 0.472 e. The molecule has 0 amide bonds. The van der Waals surface area contributed by atoms with Gasteiger partial charge in [0.05, 0.1) is 218 Å². The monoisotopic (exact) mass is 2490 g/mol. The molecule has 0 saturated heterocycles. The van der Waals surface area contributed by atoms with Crippen molar-refractivity contribution in [1.82, 2.24) is 33.2 Å². The predicted octanol–water partition coefficient (Wildman–Crippen LogP) is 1.77. The molecule has 0 fully saturated rings. The molecular weight excluding hydrogens is 2380 g/mol. The molecule has 0 rings (SSSR count). The topological polar surface area (TPSA) is 1050 Å². The van der Waals surface area contributed by atoms with E-state index in [1.165, 1.54) is 5.54 Å². The highest BCUT2D eigenvalue weighted by Crippen LogP contribution is 2.56. The summed E-state index contributed by atoms with van der Waals surface area (Å²) in [5, 5.41) is 9.08. The number of phosphoric ester groups is 17. The number of hydrogen-bond donors (Lipinski definition) is 25. The first-order valence-corrected chi connectivity index (χ1v) is 64.1. The number of nitrogens with one attached hydrogen (secondary N) is 6. The average Bonchev–Trinajstić information content (AvgIpc) is 0.935. The molecule has 0 aliphatic heterocycles. The molecule has 0 saturated carbocycles. The van der Waals surface area contributed by atoms with Crippen LogP contribution >= 0.6 is 133 Å². The third kappa shape index (κ3) is 83.5. The first-order valence-electron chi connectivity index (χ1n) is 38.7. The van der Waals surface area contributed by atoms with Crippen LogP contribution in [0.4, 0.5) is 26.9 Å². The van der Waals surface area contributed by atoms with Gasteiger partial charge in [-0.05, 0) is 0 Å². The molecule has 98 heteroatoms. The summed E-state index contributed by atoms with van der Waals surface area (Å²) in [7, 11) is -86.8. The normalized spacial score (nSPS) is 20.6. The molecule has 0 aromatic rings. The van der Waals surface area contributed by atoms with Crippen molar-refractivity contribution in [3.63, 3.8) is 0 Å². The molecule has 25 N–H and O–H groups in total. The maximum absolute atomic E-state index is 13.2. The van der Waals surface area contributed by atoms with E-state index in [9.17, 15) is 183 Å². The molecule has 0 aliphatic rings. The van der Waals surface area contributed by atoms with Gasteiger partial charge in [0.2, 0.25) is 0 Å². The summed E-state index contributed by atoms with van der Waals surface area (Å²) in [4.78, 5) is 176. The second-order valence-corrected chi connectivity index (χ2v) is 50.5. The summed E-state index contributed by atoms with van der Waals surface area (Å²) in [5.74, 6) is -7.93. The summed E-state index contributed by atoms with van der Waals surface area (Å²) in [5.41, 5.74) is 6.78. The maximum Gasteiger partial charge on any atom is 0.472 e. The minimum Gasteiger partial charge on any atom is -0.396 e. The Kier molecular flexibility index (Phi) is 74.4. The smallest absolute Gasteiger partial charge is 0.396 e. The lowest BCUT2D eigenvalue weighted by atomic mass is 10.2. The standard InChI is InChI=1S/C46H111F6N6O69P17/c47-53-23-41(29-59)30-118-135(75,76)107-15-16-110-138(81,82)121-35-44(26-56-50)36-123-140(85,86)112-19-20-114-142(89,90)125-39-46(28-58-52)40-127-144(93,94)116-22-21-115-143(91,92)126-38-45(27-57-51)37-124-141(87,88)113-18-17-111-139(83,84)122-34-43(25-55-49)33-120-137(79,80)109-14-12-106-134(73,74)104-10-8-102-132(69,70)100-6-4-98-130(65,66)96-2-1-95-129(63,64)97-3-5-99-131(67,68)101-7-9-103-133(71,72)105-11-13-108-136(77,78)119-32-42(24-54-48)31-117-128(60,61)62/h41-46,53-59H,1-40H2,(H,63,64)(H,65,66)(H,67,68)(H,69,70)(H,71,72)(H,73,74)(H,75,76)(H,77,78)(H,79,80)(H,81,82)(H,83,84)(H,85,86)(H,87,88)(H,89,90)(H,91,92)(H,93,94)(H2,60,61,62). The molecule has 144 heavy (non-hydrogen) atoms. The minimum atomic E-state index is -5.24. The van der Waals surface area contributed by atoms with E-state index in [1.54, 1.807) is 0 Å². The highest BCUT2D eigenvalue weighted by atomic mass is 31.2. The number of aliphatic hydroxyl groups excluding tert-OH is 1. The summed E-state index contributed by atoms with van der Waals surface area (Å²) in [6, 6.07) is 0. The van der Waals surface area contributed by atoms with Crippen molar-refractivity contribution >= 4 is 133 Å². The molecule has 22 unspecified atom stereocenters. The fourth-order valence-electron chi connectivity index (χ4n) is 7.81. The Morgan fingerprint density at radius 1 is 0.146 bits per heavy atom. The molecule has 0 bridgehead atoms. The molecule has 0 aromatic carbocycles. The van der Waals surface area contributed by atoms with Crippen molar-refractivity contribution < 1.29 is 347 Å². The molecule has 866 valence electrons. The lowest BCUT2D eigenvalue weighted by molar-refractivity contribution is 0.0599. The molecule has 75 nitrogen and oxygen atoms in total. The van der Waals surface area contributed by atoms with E-state index in [-0.39, 0.29) is 0 Å². The van der Waals surface area contributed by atoms with Gasteiger partial charge in [0.15, 0.2) is 0 Å². The van der Waals surface area contributed by atoms with E-state index >= 15 is 0 Å². The third-order valence-corrected chi connectivity index (χ3v) is 30.6. The Hall–Kier alpha value is 1.17. The van der Waals surface area contributed by atoms with Crippen LogP contribution in [0.2, 0.25) is 0 Å². The quantitative estimate of drug-likeness (QED) is 0.0179. The zero-order valence-corrected chi connectivity index (χ0v) is 88.7. The van der Waals surface area contributed by atoms with Crippen LogP contribution in [0.1, 0.15) is 0 Å². The van der Waals surface area contributed by atoms with E-state index in [0.717, 1.165) is 27.7 Å². The average molecular weight is 2490 g/mol. The zero-order chi connectivity index (χ0) is 110. The number of aliphatic hydroxyl groups is 1. The van der Waals surface area contributed by atoms with Crippen LogP contribution < -0.4 is 33.2 Å². The van der Waals surface area contributed by atoms with Crippen molar-refractivity contribution in [3.8, 4) is 0 Å². The summed E-state index contributed by atoms with van der Waals surface area (Å²) in [6.45, 7) is -37.4. The van der Waals surface area contributed by atoms with E-state index < -0.39 is 432 Å². The van der Waals surface area contributed by atoms with Crippen LogP contribution in [0.3, 0.4) is 0 Å². The SMILES string of the molecule is O=P(O)(O)OCC(CNF)COP(=O)(O)OCCOP(=O)(O)OCCOP(=O)(O)OCCOP(=O)(O)OCCOP(=O)(O)OCCOP(=O)(O)OCCOP(=O)(O)OCCOP(=O)(O)OCC(CNF)COP(=O)(O)OCCOP(=O)(O)OCC(CNF)COP(=O)(O)OCCOP(=O)(O)OCC(CNF)COP(=O)(O)OCCOP(=O)(O)OCC(CNF)COP(=O)(O)OCCOP(=O)(O)OCC(CO)CNF. The van der Waals surface area contributed by atoms with Gasteiger partial charge in [0, 0.05) is 81.4 Å². The van der Waals surface area contributed by atoms with Gasteiger partial charge in [-0.2, -0.15) is 33.2 Å². The lowest BCUT2D eigenvalue weighted by Crippen LogP contribution is -2.25. The molecule has 0 spiro atoms. The molecule has 22 atom stereocenters. The number of rotatable bonds is 101. The molecule has 0 aromatic heterocycles. The Morgan fingerprint density at radius 3 is 0.319 bits per heavy atom. The number of halogens is 6. The van der Waals surface area contributed by atoms with Gasteiger partial charge < -0.3 is 93.2 Å². The van der Waals surface area contributed by atoms with Gasteiger partial charge in [-0.3, -0.25) is 149 Å². The second kappa shape index (κ2) is 73.8. The van der Waals surface area contributed by atoms with Crippen LogP contribution in [-0.4, -0.2) is 357 Å². The fraction of sp³-hybridized carbons (Fsp3) is 1.00. The van der Waals surface area contributed by atoms with Gasteiger partial charge in [0.25, 0.3) is 0 Å². The highest BCUT2D eigenvalue weighted by Gasteiger charge is 2.38. The van der Waals surface area contributed by atoms with Crippen LogP contribution in [0, 0.1) is 35.5 Å². The van der Waals surface area contributed by atoms with Crippen molar-refractivity contribution in [1.29, 1.82) is 0 Å². The van der Waals surface area contributed by atoms with Crippen LogP contribution in [0.15, 0.2) is 0 Å². The molecule has 0 heterocycles. The van der Waals surface area contributed by atoms with Gasteiger partial charge in [-0.25, -0.2) is 77.6 Å². The van der Waals surface area contributed by atoms with E-state index in [2.05, 4.69) is 149 Å². The minimum absolute atomic E-state index is 0.456. The predicted molar refractivity (Wildman–Crippen MR) is 448 cm³/mol. The Morgan fingerprint density at radius 2 is 0.229 bits per heavy atom. The number of hydrogen-bond acceptors (Lipinski definition) is 57. The Balaban J connectivity index is 4.71. The Labute approximate surface area is 809 Å². The van der Waals surface area contributed by atoms with Gasteiger partial charge in [0.1, 0.15) is 0 Å². The first-order chi connectivity index (χ1) is 66.5. The number of phosphoric acid groups is 17. The van der Waals surface area contributed by atoms with Gasteiger partial charge >= 0.3 is 133 Å². The molecule has 0 aliphatic carbocycles. The molecule has 0 radical (unpaired) electrons. The van der Waals surface area contributed by atoms with Gasteiger partial charge in [-0.1, -0.05) is 0 Å².